The molecule has 0 fully saturated rings. The molecule has 0 saturated heterocycles. The van der Waals surface area contributed by atoms with Gasteiger partial charge in [-0.3, -0.25) is 4.72 Å². The van der Waals surface area contributed by atoms with Crippen LogP contribution in [0.1, 0.15) is 11.4 Å². The van der Waals surface area contributed by atoms with E-state index in [0.29, 0.717) is 0 Å². The van der Waals surface area contributed by atoms with Crippen LogP contribution in [-0.2, 0) is 0 Å². The Bertz CT molecular complexity index is 1100. The van der Waals surface area contributed by atoms with Gasteiger partial charge in [-0.05, 0) is 72.1 Å². The van der Waals surface area contributed by atoms with Crippen molar-refractivity contribution < 1.29 is 4.39 Å². The zero-order valence-electron chi connectivity index (χ0n) is 14.7. The molecule has 0 aliphatic carbocycles. The fraction of sp³-hybridized carbons (Fsp3) is 0.0455. The quantitative estimate of drug-likeness (QED) is 0.435. The Balaban J connectivity index is 1.65. The SMILES string of the molecule is CNSc1ccccc1-c1ccc2nc(/C=C/c3ccc(F)cc3)[nH]c2c1. The zero-order valence-corrected chi connectivity index (χ0v) is 15.6. The van der Waals surface area contributed by atoms with Crippen molar-refractivity contribution in [1.82, 2.24) is 14.7 Å². The van der Waals surface area contributed by atoms with Gasteiger partial charge in [0.2, 0.25) is 0 Å². The lowest BCUT2D eigenvalue weighted by Crippen LogP contribution is -1.92. The molecule has 2 N–H and O–H groups in total. The molecule has 4 rings (SSSR count). The van der Waals surface area contributed by atoms with Crippen molar-refractivity contribution in [2.45, 2.75) is 4.90 Å². The van der Waals surface area contributed by atoms with E-state index >= 15 is 0 Å². The van der Waals surface area contributed by atoms with Crippen LogP contribution in [0.25, 0.3) is 34.3 Å². The average Bonchev–Trinajstić information content (AvgIpc) is 3.10. The number of imidazole rings is 1. The molecule has 3 nitrogen and oxygen atoms in total. The molecule has 0 atom stereocenters. The normalized spacial score (nSPS) is 11.5. The van der Waals surface area contributed by atoms with Gasteiger partial charge in [-0.15, -0.1) is 0 Å². The minimum Gasteiger partial charge on any atom is -0.338 e. The molecule has 1 aromatic heterocycles. The molecule has 0 spiro atoms. The average molecular weight is 375 g/mol. The molecule has 0 bridgehead atoms. The number of hydrogen-bond donors (Lipinski definition) is 2. The maximum Gasteiger partial charge on any atom is 0.131 e. The van der Waals surface area contributed by atoms with Crippen LogP contribution in [0.2, 0.25) is 0 Å². The summed E-state index contributed by atoms with van der Waals surface area (Å²) < 4.78 is 16.1. The second kappa shape index (κ2) is 7.78. The van der Waals surface area contributed by atoms with Crippen molar-refractivity contribution in [3.8, 4) is 11.1 Å². The van der Waals surface area contributed by atoms with E-state index in [9.17, 15) is 4.39 Å². The van der Waals surface area contributed by atoms with E-state index in [1.165, 1.54) is 22.6 Å². The van der Waals surface area contributed by atoms with E-state index in [1.54, 1.807) is 24.1 Å². The summed E-state index contributed by atoms with van der Waals surface area (Å²) in [5, 5.41) is 0. The van der Waals surface area contributed by atoms with Crippen molar-refractivity contribution >= 4 is 35.1 Å². The number of nitrogens with zero attached hydrogens (tertiary/aromatic N) is 1. The maximum atomic E-state index is 13.0. The highest BCUT2D eigenvalue weighted by atomic mass is 32.2. The number of rotatable bonds is 5. The van der Waals surface area contributed by atoms with Crippen LogP contribution in [-0.4, -0.2) is 17.0 Å². The second-order valence-electron chi connectivity index (χ2n) is 6.04. The molecule has 134 valence electrons. The third-order valence-corrected chi connectivity index (χ3v) is 4.99. The van der Waals surface area contributed by atoms with Gasteiger partial charge in [0.05, 0.1) is 11.0 Å². The third kappa shape index (κ3) is 3.94. The van der Waals surface area contributed by atoms with E-state index in [0.717, 1.165) is 28.0 Å². The standard InChI is InChI=1S/C22H18FN3S/c1-24-27-21-5-3-2-4-18(21)16-9-12-19-20(14-16)26-22(25-19)13-8-15-6-10-17(23)11-7-15/h2-14,24H,1H3,(H,25,26)/b13-8+. The summed E-state index contributed by atoms with van der Waals surface area (Å²) in [6.07, 6.45) is 3.81. The van der Waals surface area contributed by atoms with E-state index in [-0.39, 0.29) is 5.82 Å². The first kappa shape index (κ1) is 17.5. The largest absolute Gasteiger partial charge is 0.338 e. The van der Waals surface area contributed by atoms with Crippen molar-refractivity contribution in [3.63, 3.8) is 0 Å². The Labute approximate surface area is 161 Å². The first-order valence-corrected chi connectivity index (χ1v) is 9.41. The molecular formula is C22H18FN3S. The molecule has 1 heterocycles. The fourth-order valence-electron chi connectivity index (χ4n) is 2.93. The Morgan fingerprint density at radius 1 is 1.00 bits per heavy atom. The molecule has 0 saturated carbocycles. The third-order valence-electron chi connectivity index (χ3n) is 4.21. The lowest BCUT2D eigenvalue weighted by molar-refractivity contribution is 0.628. The molecule has 27 heavy (non-hydrogen) atoms. The minimum absolute atomic E-state index is 0.236. The van der Waals surface area contributed by atoms with Crippen molar-refractivity contribution in [3.05, 3.63) is 83.9 Å². The Morgan fingerprint density at radius 2 is 1.81 bits per heavy atom. The zero-order chi connectivity index (χ0) is 18.6. The molecule has 4 aromatic rings. The molecule has 0 unspecified atom stereocenters. The van der Waals surface area contributed by atoms with Crippen LogP contribution in [0.3, 0.4) is 0 Å². The molecular weight excluding hydrogens is 357 g/mol. The van der Waals surface area contributed by atoms with Gasteiger partial charge in [0.1, 0.15) is 11.6 Å². The molecule has 0 aliphatic rings. The summed E-state index contributed by atoms with van der Waals surface area (Å²) in [7, 11) is 1.92. The number of nitrogens with one attached hydrogen (secondary N) is 2. The van der Waals surface area contributed by atoms with Gasteiger partial charge in [-0.2, -0.15) is 0 Å². The van der Waals surface area contributed by atoms with E-state index in [1.807, 2.05) is 37.4 Å². The Hall–Kier alpha value is -2.89. The number of H-pyrrole nitrogens is 1. The highest BCUT2D eigenvalue weighted by Crippen LogP contribution is 2.31. The highest BCUT2D eigenvalue weighted by molar-refractivity contribution is 7.97. The summed E-state index contributed by atoms with van der Waals surface area (Å²) in [6.45, 7) is 0. The molecule has 0 aliphatic heterocycles. The van der Waals surface area contributed by atoms with Gasteiger partial charge in [0.15, 0.2) is 0 Å². The summed E-state index contributed by atoms with van der Waals surface area (Å²) in [6, 6.07) is 20.9. The van der Waals surface area contributed by atoms with Gasteiger partial charge >= 0.3 is 0 Å². The predicted octanol–water partition coefficient (Wildman–Crippen LogP) is 5.77. The lowest BCUT2D eigenvalue weighted by atomic mass is 10.1. The maximum absolute atomic E-state index is 13.0. The smallest absolute Gasteiger partial charge is 0.131 e. The van der Waals surface area contributed by atoms with Crippen molar-refractivity contribution in [2.75, 3.05) is 7.05 Å². The van der Waals surface area contributed by atoms with Crippen LogP contribution in [0.5, 0.6) is 0 Å². The molecule has 0 radical (unpaired) electrons. The van der Waals surface area contributed by atoms with Crippen LogP contribution >= 0.6 is 11.9 Å². The molecule has 5 heteroatoms. The van der Waals surface area contributed by atoms with E-state index in [4.69, 9.17) is 0 Å². The van der Waals surface area contributed by atoms with Crippen LogP contribution in [0.15, 0.2) is 71.6 Å². The first-order chi connectivity index (χ1) is 13.2. The van der Waals surface area contributed by atoms with Crippen molar-refractivity contribution in [2.24, 2.45) is 0 Å². The van der Waals surface area contributed by atoms with Crippen molar-refractivity contribution in [1.29, 1.82) is 0 Å². The summed E-state index contributed by atoms with van der Waals surface area (Å²) >= 11 is 1.60. The van der Waals surface area contributed by atoms with E-state index in [2.05, 4.69) is 39.0 Å². The molecule has 3 aromatic carbocycles. The molecule has 0 amide bonds. The number of benzene rings is 3. The van der Waals surface area contributed by atoms with Gasteiger partial charge in [-0.25, -0.2) is 9.37 Å². The first-order valence-electron chi connectivity index (χ1n) is 8.59. The van der Waals surface area contributed by atoms with Crippen LogP contribution in [0.4, 0.5) is 4.39 Å². The number of aromatic amines is 1. The predicted molar refractivity (Wildman–Crippen MR) is 112 cm³/mol. The lowest BCUT2D eigenvalue weighted by Gasteiger charge is -2.08. The number of hydrogen-bond acceptors (Lipinski definition) is 3. The fourth-order valence-corrected chi connectivity index (χ4v) is 3.59. The van der Waals surface area contributed by atoms with E-state index < -0.39 is 0 Å². The van der Waals surface area contributed by atoms with Gasteiger partial charge in [-0.1, -0.05) is 42.5 Å². The number of aromatic nitrogens is 2. The number of fused-ring (bicyclic) bond motifs is 1. The Kier molecular flexibility index (Phi) is 5.05. The minimum atomic E-state index is -0.236. The van der Waals surface area contributed by atoms with Gasteiger partial charge < -0.3 is 4.98 Å². The number of halogens is 1. The monoisotopic (exact) mass is 375 g/mol. The summed E-state index contributed by atoms with van der Waals surface area (Å²) in [4.78, 5) is 9.13. The summed E-state index contributed by atoms with van der Waals surface area (Å²) in [5.41, 5.74) is 5.14. The topological polar surface area (TPSA) is 40.7 Å². The van der Waals surface area contributed by atoms with Crippen LogP contribution < -0.4 is 4.72 Å². The van der Waals surface area contributed by atoms with Gasteiger partial charge in [0.25, 0.3) is 0 Å². The second-order valence-corrected chi connectivity index (χ2v) is 7.09. The summed E-state index contributed by atoms with van der Waals surface area (Å²) in [5.74, 6) is 0.532. The van der Waals surface area contributed by atoms with Crippen LogP contribution in [0, 0.1) is 5.82 Å². The van der Waals surface area contributed by atoms with Gasteiger partial charge in [0, 0.05) is 4.90 Å². The Morgan fingerprint density at radius 3 is 2.63 bits per heavy atom. The highest BCUT2D eigenvalue weighted by Gasteiger charge is 2.07.